The maximum Gasteiger partial charge on any atom is 0.248 e. The van der Waals surface area contributed by atoms with Crippen LogP contribution in [-0.2, 0) is 9.53 Å². The zero-order valence-corrected chi connectivity index (χ0v) is 16.8. The molecule has 3 aliphatic rings. The number of fused-ring (bicyclic) bond motifs is 1. The molecular formula is C21H34N4O2. The molecular weight excluding hydrogens is 340 g/mol. The largest absolute Gasteiger partial charge is 0.366 e. The van der Waals surface area contributed by atoms with Gasteiger partial charge in [-0.25, -0.2) is 0 Å². The highest BCUT2D eigenvalue weighted by Crippen LogP contribution is 2.43. The van der Waals surface area contributed by atoms with Crippen LogP contribution in [0.5, 0.6) is 0 Å². The van der Waals surface area contributed by atoms with Gasteiger partial charge in [-0.3, -0.25) is 9.48 Å². The quantitative estimate of drug-likeness (QED) is 0.767. The van der Waals surface area contributed by atoms with Gasteiger partial charge in [0, 0.05) is 46.1 Å². The van der Waals surface area contributed by atoms with E-state index in [1.54, 1.807) is 19.0 Å². The molecule has 0 aromatic carbocycles. The average Bonchev–Trinajstić information content (AvgIpc) is 3.39. The smallest absolute Gasteiger partial charge is 0.248 e. The number of aromatic nitrogens is 2. The van der Waals surface area contributed by atoms with E-state index in [9.17, 15) is 4.79 Å². The summed E-state index contributed by atoms with van der Waals surface area (Å²) in [6.07, 6.45) is 11.8. The Morgan fingerprint density at radius 3 is 2.59 bits per heavy atom. The average molecular weight is 375 g/mol. The number of ether oxygens (including phenoxy) is 1. The summed E-state index contributed by atoms with van der Waals surface area (Å²) in [7, 11) is 3.57. The minimum Gasteiger partial charge on any atom is -0.366 e. The minimum atomic E-state index is 0.0330. The number of carbonyl (C=O) groups is 1. The van der Waals surface area contributed by atoms with Crippen molar-refractivity contribution in [2.24, 2.45) is 17.8 Å². The van der Waals surface area contributed by atoms with Crippen molar-refractivity contribution in [3.05, 3.63) is 18.5 Å². The zero-order valence-electron chi connectivity index (χ0n) is 16.8. The molecule has 1 amide bonds. The van der Waals surface area contributed by atoms with E-state index in [2.05, 4.69) is 14.7 Å². The Morgan fingerprint density at radius 2 is 1.93 bits per heavy atom. The maximum atomic E-state index is 12.0. The Balaban J connectivity index is 1.40. The second-order valence-electron chi connectivity index (χ2n) is 9.05. The van der Waals surface area contributed by atoms with E-state index < -0.39 is 0 Å². The lowest BCUT2D eigenvalue weighted by Gasteiger charge is -2.38. The highest BCUT2D eigenvalue weighted by Gasteiger charge is 2.44. The molecule has 3 fully saturated rings. The number of likely N-dealkylation sites (tertiary alicyclic amines) is 1. The Morgan fingerprint density at radius 1 is 1.19 bits per heavy atom. The number of nitrogens with zero attached hydrogens (tertiary/aromatic N) is 4. The van der Waals surface area contributed by atoms with E-state index in [0.29, 0.717) is 5.92 Å². The lowest BCUT2D eigenvalue weighted by atomic mass is 9.77. The second kappa shape index (κ2) is 8.31. The van der Waals surface area contributed by atoms with Crippen LogP contribution in [-0.4, -0.2) is 71.9 Å². The predicted octanol–water partition coefficient (Wildman–Crippen LogP) is 2.43. The molecule has 4 atom stereocenters. The van der Waals surface area contributed by atoms with Crippen LogP contribution in [0.3, 0.4) is 0 Å². The molecule has 0 N–H and O–H groups in total. The van der Waals surface area contributed by atoms with E-state index in [1.165, 1.54) is 45.3 Å². The first-order valence-corrected chi connectivity index (χ1v) is 10.6. The van der Waals surface area contributed by atoms with Gasteiger partial charge in [0.2, 0.25) is 5.91 Å². The molecule has 6 heteroatoms. The number of likely N-dealkylation sites (N-methyl/N-ethyl adjacent to an activating group) is 1. The molecule has 0 bridgehead atoms. The summed E-state index contributed by atoms with van der Waals surface area (Å²) in [5.41, 5.74) is 0. The molecule has 4 rings (SSSR count). The van der Waals surface area contributed by atoms with Crippen LogP contribution in [0.15, 0.2) is 18.5 Å². The van der Waals surface area contributed by atoms with Crippen molar-refractivity contribution in [2.45, 2.75) is 50.7 Å². The summed E-state index contributed by atoms with van der Waals surface area (Å²) in [4.78, 5) is 16.3. The number of carbonyl (C=O) groups excluding carboxylic acids is 1. The monoisotopic (exact) mass is 374 g/mol. The topological polar surface area (TPSA) is 50.6 Å². The Hall–Kier alpha value is -1.40. The molecule has 6 nitrogen and oxygen atoms in total. The minimum absolute atomic E-state index is 0.0330. The van der Waals surface area contributed by atoms with Gasteiger partial charge < -0.3 is 14.5 Å². The lowest BCUT2D eigenvalue weighted by molar-refractivity contribution is -0.138. The summed E-state index contributed by atoms with van der Waals surface area (Å²) < 4.78 is 8.20. The molecule has 2 heterocycles. The number of amides is 1. The van der Waals surface area contributed by atoms with Gasteiger partial charge in [0.1, 0.15) is 6.61 Å². The number of hydrogen-bond donors (Lipinski definition) is 0. The van der Waals surface area contributed by atoms with E-state index in [0.717, 1.165) is 24.7 Å². The SMILES string of the molecule is CN(C)C(=O)CO[C@H]1C[C@@H]2CN(CC3CCCC3)C[C@@H]2C[C@@H]1n1cccn1. The van der Waals surface area contributed by atoms with Gasteiger partial charge in [-0.2, -0.15) is 5.10 Å². The molecule has 1 aromatic rings. The third kappa shape index (κ3) is 4.37. The van der Waals surface area contributed by atoms with Gasteiger partial charge >= 0.3 is 0 Å². The summed E-state index contributed by atoms with van der Waals surface area (Å²) in [5.74, 6) is 2.37. The van der Waals surface area contributed by atoms with Crippen molar-refractivity contribution >= 4 is 5.91 Å². The summed E-state index contributed by atoms with van der Waals surface area (Å²) in [6.45, 7) is 3.87. The molecule has 0 radical (unpaired) electrons. The summed E-state index contributed by atoms with van der Waals surface area (Å²) >= 11 is 0. The van der Waals surface area contributed by atoms with Gasteiger partial charge in [-0.1, -0.05) is 12.8 Å². The molecule has 0 unspecified atom stereocenters. The summed E-state index contributed by atoms with van der Waals surface area (Å²) in [5, 5.41) is 4.50. The third-order valence-corrected chi connectivity index (χ3v) is 6.94. The first-order valence-electron chi connectivity index (χ1n) is 10.6. The fraction of sp³-hybridized carbons (Fsp3) is 0.810. The second-order valence-corrected chi connectivity index (χ2v) is 9.05. The van der Waals surface area contributed by atoms with Crippen LogP contribution < -0.4 is 0 Å². The molecule has 1 aliphatic heterocycles. The molecule has 2 aliphatic carbocycles. The van der Waals surface area contributed by atoms with Crippen molar-refractivity contribution in [3.8, 4) is 0 Å². The Labute approximate surface area is 162 Å². The number of hydrogen-bond acceptors (Lipinski definition) is 4. The van der Waals surface area contributed by atoms with E-state index in [4.69, 9.17) is 4.74 Å². The predicted molar refractivity (Wildman–Crippen MR) is 104 cm³/mol. The lowest BCUT2D eigenvalue weighted by Crippen LogP contribution is -2.40. The number of rotatable bonds is 6. The molecule has 0 spiro atoms. The van der Waals surface area contributed by atoms with Crippen molar-refractivity contribution in [1.82, 2.24) is 19.6 Å². The molecule has 27 heavy (non-hydrogen) atoms. The molecule has 1 saturated heterocycles. The van der Waals surface area contributed by atoms with Crippen LogP contribution in [0, 0.1) is 17.8 Å². The molecule has 2 saturated carbocycles. The third-order valence-electron chi connectivity index (χ3n) is 6.94. The van der Waals surface area contributed by atoms with Crippen LogP contribution in [0.25, 0.3) is 0 Å². The van der Waals surface area contributed by atoms with Crippen LogP contribution in [0.2, 0.25) is 0 Å². The Bertz CT molecular complexity index is 612. The van der Waals surface area contributed by atoms with Crippen LogP contribution >= 0.6 is 0 Å². The van der Waals surface area contributed by atoms with E-state index in [-0.39, 0.29) is 24.7 Å². The highest BCUT2D eigenvalue weighted by molar-refractivity contribution is 5.76. The van der Waals surface area contributed by atoms with Crippen molar-refractivity contribution in [1.29, 1.82) is 0 Å². The van der Waals surface area contributed by atoms with Gasteiger partial charge in [-0.05, 0) is 49.5 Å². The zero-order chi connectivity index (χ0) is 18.8. The normalized spacial score (nSPS) is 31.9. The first-order chi connectivity index (χ1) is 13.1. The van der Waals surface area contributed by atoms with Gasteiger partial charge in [0.15, 0.2) is 0 Å². The van der Waals surface area contributed by atoms with Gasteiger partial charge in [-0.15, -0.1) is 0 Å². The Kier molecular flexibility index (Phi) is 5.83. The standard InChI is InChI=1S/C21H34N4O2/c1-23(2)21(26)15-27-20-11-18-14-24(12-16-6-3-4-7-16)13-17(18)10-19(20)25-9-5-8-22-25/h5,8-9,16-20H,3-4,6-7,10-15H2,1-2H3/t17-,18+,19-,20-/m0/s1. The van der Waals surface area contributed by atoms with Gasteiger partial charge in [0.05, 0.1) is 12.1 Å². The first kappa shape index (κ1) is 18.9. The van der Waals surface area contributed by atoms with Crippen molar-refractivity contribution in [2.75, 3.05) is 40.3 Å². The van der Waals surface area contributed by atoms with E-state index >= 15 is 0 Å². The van der Waals surface area contributed by atoms with Crippen molar-refractivity contribution < 1.29 is 9.53 Å². The van der Waals surface area contributed by atoms with E-state index in [1.807, 2.05) is 18.5 Å². The molecule has 150 valence electrons. The van der Waals surface area contributed by atoms with Gasteiger partial charge in [0.25, 0.3) is 0 Å². The molecule has 1 aromatic heterocycles. The van der Waals surface area contributed by atoms with Crippen molar-refractivity contribution in [3.63, 3.8) is 0 Å². The summed E-state index contributed by atoms with van der Waals surface area (Å²) in [6, 6.07) is 2.22. The fourth-order valence-electron chi connectivity index (χ4n) is 5.44. The van der Waals surface area contributed by atoms with Crippen LogP contribution in [0.1, 0.15) is 44.6 Å². The highest BCUT2D eigenvalue weighted by atomic mass is 16.5. The van der Waals surface area contributed by atoms with Crippen LogP contribution in [0.4, 0.5) is 0 Å². The fourth-order valence-corrected chi connectivity index (χ4v) is 5.44. The maximum absolute atomic E-state index is 12.0.